The van der Waals surface area contributed by atoms with Crippen LogP contribution in [0.15, 0.2) is 0 Å². The number of carboxylic acid groups (broad SMARTS) is 1. The van der Waals surface area contributed by atoms with Gasteiger partial charge < -0.3 is 19.9 Å². The minimum Gasteiger partial charge on any atom is -0.481 e. The lowest BCUT2D eigenvalue weighted by Crippen LogP contribution is -2.39. The van der Waals surface area contributed by atoms with E-state index in [4.69, 9.17) is 14.6 Å². The molecule has 22 heavy (non-hydrogen) atoms. The molecule has 0 saturated heterocycles. The van der Waals surface area contributed by atoms with Crippen LogP contribution < -0.4 is 5.32 Å². The van der Waals surface area contributed by atoms with Gasteiger partial charge in [0, 0.05) is 19.4 Å². The number of esters is 1. The smallest absolute Gasteiger partial charge is 0.410 e. The maximum atomic E-state index is 11.7. The summed E-state index contributed by atoms with van der Waals surface area (Å²) in [5.41, 5.74) is 0. The zero-order valence-corrected chi connectivity index (χ0v) is 13.8. The van der Waals surface area contributed by atoms with E-state index in [0.717, 1.165) is 12.8 Å². The summed E-state index contributed by atoms with van der Waals surface area (Å²) in [5, 5.41) is 11.4. The highest BCUT2D eigenvalue weighted by Gasteiger charge is 2.21. The van der Waals surface area contributed by atoms with Crippen LogP contribution in [0.25, 0.3) is 0 Å². The fraction of sp³-hybridized carbons (Fsp3) is 0.800. The van der Waals surface area contributed by atoms with E-state index in [-0.39, 0.29) is 12.8 Å². The van der Waals surface area contributed by atoms with Gasteiger partial charge in [0.05, 0.1) is 6.42 Å². The summed E-state index contributed by atoms with van der Waals surface area (Å²) < 4.78 is 9.70. The van der Waals surface area contributed by atoms with Gasteiger partial charge >= 0.3 is 18.0 Å². The molecule has 2 unspecified atom stereocenters. The van der Waals surface area contributed by atoms with Gasteiger partial charge in [0.25, 0.3) is 0 Å². The number of hydrogen-bond donors (Lipinski definition) is 2. The first kappa shape index (κ1) is 20.2. The molecular formula is C15H27NO6. The van der Waals surface area contributed by atoms with Gasteiger partial charge in [0.1, 0.15) is 0 Å². The van der Waals surface area contributed by atoms with Gasteiger partial charge in [-0.15, -0.1) is 0 Å². The van der Waals surface area contributed by atoms with Crippen molar-refractivity contribution in [3.63, 3.8) is 0 Å². The third-order valence-electron chi connectivity index (χ3n) is 3.07. The minimum absolute atomic E-state index is 0.174. The Kier molecular flexibility index (Phi) is 9.98. The first-order chi connectivity index (χ1) is 10.3. The highest BCUT2D eigenvalue weighted by Crippen LogP contribution is 2.15. The number of carbonyl (C=O) groups is 3. The summed E-state index contributed by atoms with van der Waals surface area (Å²) in [7, 11) is 0. The summed E-state index contributed by atoms with van der Waals surface area (Å²) in [5.74, 6) is -1.16. The molecule has 0 saturated carbocycles. The Labute approximate surface area is 131 Å². The molecule has 128 valence electrons. The Hall–Kier alpha value is -1.79. The maximum absolute atomic E-state index is 11.7. The minimum atomic E-state index is -1.01. The van der Waals surface area contributed by atoms with Crippen LogP contribution in [0.2, 0.25) is 0 Å². The summed E-state index contributed by atoms with van der Waals surface area (Å²) in [6.07, 6.45) is 0.723. The maximum Gasteiger partial charge on any atom is 0.410 e. The number of hydrogen-bond acceptors (Lipinski definition) is 5. The standard InChI is InChI=1S/C15H27NO6/c1-5-7-10(3)8-12(9-13(17)18)16-15(20)22-11(4)21-14(19)6-2/h10-12H,5-9H2,1-4H3,(H,16,20)(H,17,18)/t10?,11-,12?/m1/s1. The van der Waals surface area contributed by atoms with Crippen molar-refractivity contribution >= 4 is 18.0 Å². The third kappa shape index (κ3) is 10.0. The third-order valence-corrected chi connectivity index (χ3v) is 3.07. The lowest BCUT2D eigenvalue weighted by molar-refractivity contribution is -0.164. The van der Waals surface area contributed by atoms with Gasteiger partial charge in [0.2, 0.25) is 6.29 Å². The van der Waals surface area contributed by atoms with Gasteiger partial charge in [-0.2, -0.15) is 0 Å². The van der Waals surface area contributed by atoms with Crippen molar-refractivity contribution in [2.45, 2.75) is 72.1 Å². The van der Waals surface area contributed by atoms with Crippen molar-refractivity contribution in [2.75, 3.05) is 0 Å². The van der Waals surface area contributed by atoms with Crippen LogP contribution in [0.3, 0.4) is 0 Å². The van der Waals surface area contributed by atoms with Gasteiger partial charge in [0.15, 0.2) is 0 Å². The molecule has 2 N–H and O–H groups in total. The average molecular weight is 317 g/mol. The van der Waals surface area contributed by atoms with Crippen LogP contribution in [0, 0.1) is 5.92 Å². The molecule has 0 aliphatic carbocycles. The predicted molar refractivity (Wildman–Crippen MR) is 80.2 cm³/mol. The molecule has 1 amide bonds. The highest BCUT2D eigenvalue weighted by molar-refractivity contribution is 5.72. The molecule has 0 aliphatic heterocycles. The highest BCUT2D eigenvalue weighted by atomic mass is 16.7. The first-order valence-corrected chi connectivity index (χ1v) is 7.66. The van der Waals surface area contributed by atoms with Gasteiger partial charge in [-0.3, -0.25) is 9.59 Å². The van der Waals surface area contributed by atoms with Crippen molar-refractivity contribution < 1.29 is 29.0 Å². The quantitative estimate of drug-likeness (QED) is 0.474. The topological polar surface area (TPSA) is 102 Å². The molecule has 7 nitrogen and oxygen atoms in total. The number of amides is 1. The second-order valence-corrected chi connectivity index (χ2v) is 5.39. The lowest BCUT2D eigenvalue weighted by Gasteiger charge is -2.21. The number of carbonyl (C=O) groups excluding carboxylic acids is 2. The Morgan fingerprint density at radius 2 is 1.77 bits per heavy atom. The van der Waals surface area contributed by atoms with E-state index in [9.17, 15) is 14.4 Å². The van der Waals surface area contributed by atoms with Crippen molar-refractivity contribution in [3.05, 3.63) is 0 Å². The first-order valence-electron chi connectivity index (χ1n) is 7.66. The van der Waals surface area contributed by atoms with Crippen molar-refractivity contribution in [2.24, 2.45) is 5.92 Å². The second-order valence-electron chi connectivity index (χ2n) is 5.39. The molecule has 0 aromatic rings. The van der Waals surface area contributed by atoms with E-state index in [1.807, 2.05) is 13.8 Å². The van der Waals surface area contributed by atoms with Crippen LogP contribution in [-0.2, 0) is 19.1 Å². The lowest BCUT2D eigenvalue weighted by atomic mass is 9.95. The molecule has 7 heteroatoms. The molecule has 0 aromatic carbocycles. The van der Waals surface area contributed by atoms with Crippen LogP contribution in [0.5, 0.6) is 0 Å². The molecule has 0 heterocycles. The van der Waals surface area contributed by atoms with E-state index in [0.29, 0.717) is 12.3 Å². The predicted octanol–water partition coefficient (Wildman–Crippen LogP) is 2.68. The van der Waals surface area contributed by atoms with Crippen LogP contribution >= 0.6 is 0 Å². The zero-order chi connectivity index (χ0) is 17.1. The molecule has 3 atom stereocenters. The Balaban J connectivity index is 4.41. The number of carboxylic acids is 1. The number of aliphatic carboxylic acids is 1. The van der Waals surface area contributed by atoms with Crippen molar-refractivity contribution in [1.82, 2.24) is 5.32 Å². The number of alkyl carbamates (subject to hydrolysis) is 1. The molecule has 0 aromatic heterocycles. The number of ether oxygens (including phenoxy) is 2. The summed E-state index contributed by atoms with van der Waals surface area (Å²) >= 11 is 0. The molecule has 0 bridgehead atoms. The summed E-state index contributed by atoms with van der Waals surface area (Å²) in [6.45, 7) is 7.12. The van der Waals surface area contributed by atoms with E-state index < -0.39 is 30.4 Å². The SMILES string of the molecule is CCCC(C)CC(CC(=O)O)NC(=O)O[C@H](C)OC(=O)CC. The van der Waals surface area contributed by atoms with Gasteiger partial charge in [-0.05, 0) is 12.3 Å². The normalized spacial score (nSPS) is 14.5. The summed E-state index contributed by atoms with van der Waals surface area (Å²) in [6, 6.07) is -0.513. The molecule has 0 radical (unpaired) electrons. The van der Waals surface area contributed by atoms with E-state index in [2.05, 4.69) is 5.32 Å². The number of nitrogens with one attached hydrogen (secondary N) is 1. The molecule has 0 rings (SSSR count). The fourth-order valence-electron chi connectivity index (χ4n) is 2.14. The van der Waals surface area contributed by atoms with Gasteiger partial charge in [-0.25, -0.2) is 4.79 Å². The van der Waals surface area contributed by atoms with Crippen LogP contribution in [-0.4, -0.2) is 35.5 Å². The monoisotopic (exact) mass is 317 g/mol. The fourth-order valence-corrected chi connectivity index (χ4v) is 2.14. The second kappa shape index (κ2) is 10.9. The molecular weight excluding hydrogens is 290 g/mol. The Morgan fingerprint density at radius 1 is 1.14 bits per heavy atom. The molecule has 0 fully saturated rings. The zero-order valence-electron chi connectivity index (χ0n) is 13.8. The summed E-state index contributed by atoms with van der Waals surface area (Å²) in [4.78, 5) is 33.7. The van der Waals surface area contributed by atoms with E-state index in [1.165, 1.54) is 6.92 Å². The Bertz CT molecular complexity index is 371. The van der Waals surface area contributed by atoms with E-state index in [1.54, 1.807) is 6.92 Å². The molecule has 0 aliphatic rings. The van der Waals surface area contributed by atoms with Crippen molar-refractivity contribution in [1.29, 1.82) is 0 Å². The van der Waals surface area contributed by atoms with Crippen LogP contribution in [0.1, 0.15) is 59.8 Å². The molecule has 0 spiro atoms. The number of rotatable bonds is 10. The van der Waals surface area contributed by atoms with Crippen molar-refractivity contribution in [3.8, 4) is 0 Å². The average Bonchev–Trinajstić information content (AvgIpc) is 2.37. The Morgan fingerprint density at radius 3 is 2.27 bits per heavy atom. The van der Waals surface area contributed by atoms with Gasteiger partial charge in [-0.1, -0.05) is 33.6 Å². The van der Waals surface area contributed by atoms with Crippen LogP contribution in [0.4, 0.5) is 4.79 Å². The van der Waals surface area contributed by atoms with E-state index >= 15 is 0 Å². The largest absolute Gasteiger partial charge is 0.481 e.